The van der Waals surface area contributed by atoms with Gasteiger partial charge in [-0.2, -0.15) is 0 Å². The molecule has 4 rings (SSSR count). The molecule has 1 aliphatic heterocycles. The predicted molar refractivity (Wildman–Crippen MR) is 128 cm³/mol. The minimum Gasteiger partial charge on any atom is -0.348 e. The number of rotatable bonds is 5. The minimum absolute atomic E-state index is 0.0423. The van der Waals surface area contributed by atoms with Crippen LogP contribution in [0.25, 0.3) is 10.8 Å². The van der Waals surface area contributed by atoms with E-state index in [1.165, 1.54) is 6.08 Å². The zero-order chi connectivity index (χ0) is 22.7. The Balaban J connectivity index is 1.60. The molecule has 32 heavy (non-hydrogen) atoms. The summed E-state index contributed by atoms with van der Waals surface area (Å²) < 4.78 is 0. The zero-order valence-corrected chi connectivity index (χ0v) is 18.6. The number of benzene rings is 2. The molecule has 1 aliphatic rings. The van der Waals surface area contributed by atoms with Crippen LogP contribution in [0.3, 0.4) is 0 Å². The van der Waals surface area contributed by atoms with Crippen molar-refractivity contribution in [1.29, 1.82) is 0 Å². The van der Waals surface area contributed by atoms with Crippen molar-refractivity contribution in [3.63, 3.8) is 0 Å². The number of fused-ring (bicyclic) bond motifs is 1. The number of pyridine rings is 1. The first-order chi connectivity index (χ1) is 15.5. The third kappa shape index (κ3) is 4.66. The number of carbonyl (C=O) groups excluding carboxylic acids is 2. The molecule has 0 saturated carbocycles. The molecule has 2 heterocycles. The molecule has 164 valence electrons. The monoisotopic (exact) mass is 448 g/mol. The van der Waals surface area contributed by atoms with E-state index in [2.05, 4.69) is 46.3 Å². The first kappa shape index (κ1) is 22.0. The second-order valence-electron chi connectivity index (χ2n) is 8.00. The molecule has 0 aliphatic carbocycles. The summed E-state index contributed by atoms with van der Waals surface area (Å²) in [5, 5.41) is 8.29. The highest BCUT2D eigenvalue weighted by atomic mass is 35.5. The van der Waals surface area contributed by atoms with Gasteiger partial charge >= 0.3 is 0 Å². The van der Waals surface area contributed by atoms with Crippen LogP contribution in [-0.4, -0.2) is 41.3 Å². The number of hydrogen-bond acceptors (Lipinski definition) is 4. The highest BCUT2D eigenvalue weighted by molar-refractivity contribution is 6.35. The molecule has 1 fully saturated rings. The van der Waals surface area contributed by atoms with Crippen molar-refractivity contribution in [2.75, 3.05) is 18.9 Å². The van der Waals surface area contributed by atoms with Crippen molar-refractivity contribution >= 4 is 39.9 Å². The minimum atomic E-state index is -0.308. The summed E-state index contributed by atoms with van der Waals surface area (Å²) in [6.45, 7) is 4.37. The topological polar surface area (TPSA) is 74.3 Å². The third-order valence-corrected chi connectivity index (χ3v) is 6.23. The summed E-state index contributed by atoms with van der Waals surface area (Å²) in [5.74, 6) is -0.462. The van der Waals surface area contributed by atoms with Crippen LogP contribution in [0.15, 0.2) is 67.4 Å². The van der Waals surface area contributed by atoms with E-state index < -0.39 is 0 Å². The number of aromatic nitrogens is 1. The van der Waals surface area contributed by atoms with Crippen LogP contribution in [0, 0.1) is 0 Å². The number of amides is 2. The first-order valence-corrected chi connectivity index (χ1v) is 10.9. The quantitative estimate of drug-likeness (QED) is 0.560. The standard InChI is InChI=1S/C25H25ClN4O2/c1-3-23(31)29-24-19-14-17(8-7-16(19)9-10-20(24)26)22-15-18(11-13-30(22)2)28-25(32)21-6-4-5-12-27-21/h3-10,12,14,18,22H,1,11,13,15H2,2H3,(H,28,32)(H,29,31). The van der Waals surface area contributed by atoms with Crippen LogP contribution in [-0.2, 0) is 4.79 Å². The van der Waals surface area contributed by atoms with Gasteiger partial charge in [0.2, 0.25) is 5.91 Å². The van der Waals surface area contributed by atoms with Crippen LogP contribution < -0.4 is 10.6 Å². The van der Waals surface area contributed by atoms with Crippen LogP contribution in [0.4, 0.5) is 5.69 Å². The maximum absolute atomic E-state index is 12.6. The Morgan fingerprint density at radius 3 is 2.78 bits per heavy atom. The smallest absolute Gasteiger partial charge is 0.270 e. The van der Waals surface area contributed by atoms with Crippen LogP contribution in [0.1, 0.15) is 34.9 Å². The van der Waals surface area contributed by atoms with E-state index in [0.717, 1.165) is 35.7 Å². The number of likely N-dealkylation sites (tertiary alicyclic amines) is 1. The first-order valence-electron chi connectivity index (χ1n) is 10.5. The molecule has 2 aromatic carbocycles. The Morgan fingerprint density at radius 1 is 1.22 bits per heavy atom. The van der Waals surface area contributed by atoms with Gasteiger partial charge in [-0.05, 0) is 61.2 Å². The van der Waals surface area contributed by atoms with Gasteiger partial charge in [-0.25, -0.2) is 0 Å². The van der Waals surface area contributed by atoms with Crippen molar-refractivity contribution < 1.29 is 9.59 Å². The molecule has 6 nitrogen and oxygen atoms in total. The van der Waals surface area contributed by atoms with Gasteiger partial charge in [-0.15, -0.1) is 0 Å². The summed E-state index contributed by atoms with van der Waals surface area (Å²) in [4.78, 5) is 30.9. The highest BCUT2D eigenvalue weighted by Crippen LogP contribution is 2.36. The van der Waals surface area contributed by atoms with E-state index >= 15 is 0 Å². The molecule has 1 aromatic heterocycles. The van der Waals surface area contributed by atoms with E-state index in [4.69, 9.17) is 11.6 Å². The number of carbonyl (C=O) groups is 2. The van der Waals surface area contributed by atoms with E-state index in [9.17, 15) is 9.59 Å². The average molecular weight is 449 g/mol. The molecule has 0 bridgehead atoms. The zero-order valence-electron chi connectivity index (χ0n) is 17.8. The highest BCUT2D eigenvalue weighted by Gasteiger charge is 2.29. The van der Waals surface area contributed by atoms with Crippen molar-refractivity contribution in [3.8, 4) is 0 Å². The summed E-state index contributed by atoms with van der Waals surface area (Å²) in [7, 11) is 2.09. The maximum atomic E-state index is 12.6. The second-order valence-corrected chi connectivity index (χ2v) is 8.41. The molecule has 2 amide bonds. The van der Waals surface area contributed by atoms with Crippen LogP contribution >= 0.6 is 11.6 Å². The lowest BCUT2D eigenvalue weighted by molar-refractivity contribution is -0.111. The van der Waals surface area contributed by atoms with Gasteiger partial charge in [0.05, 0.1) is 10.7 Å². The van der Waals surface area contributed by atoms with E-state index in [1.807, 2.05) is 18.2 Å². The van der Waals surface area contributed by atoms with Crippen molar-refractivity contribution in [2.45, 2.75) is 24.9 Å². The Morgan fingerprint density at radius 2 is 2.03 bits per heavy atom. The van der Waals surface area contributed by atoms with Crippen molar-refractivity contribution in [1.82, 2.24) is 15.2 Å². The maximum Gasteiger partial charge on any atom is 0.270 e. The van der Waals surface area contributed by atoms with Gasteiger partial charge in [-0.1, -0.05) is 42.4 Å². The summed E-state index contributed by atoms with van der Waals surface area (Å²) in [6.07, 6.45) is 4.49. The van der Waals surface area contributed by atoms with Gasteiger partial charge in [0.25, 0.3) is 5.91 Å². The third-order valence-electron chi connectivity index (χ3n) is 5.92. The van der Waals surface area contributed by atoms with Gasteiger partial charge < -0.3 is 10.6 Å². The normalized spacial score (nSPS) is 18.8. The number of anilines is 1. The number of halogens is 1. The van der Waals surface area contributed by atoms with Gasteiger partial charge in [-0.3, -0.25) is 19.5 Å². The molecule has 3 aromatic rings. The lowest BCUT2D eigenvalue weighted by Gasteiger charge is -2.37. The van der Waals surface area contributed by atoms with E-state index in [0.29, 0.717) is 16.4 Å². The van der Waals surface area contributed by atoms with Crippen LogP contribution in [0.5, 0.6) is 0 Å². The Hall–Kier alpha value is -3.22. The van der Waals surface area contributed by atoms with E-state index in [1.54, 1.807) is 24.4 Å². The number of hydrogen-bond donors (Lipinski definition) is 2. The molecule has 2 atom stereocenters. The molecular formula is C25H25ClN4O2. The number of nitrogens with zero attached hydrogens (tertiary/aromatic N) is 2. The Kier molecular flexibility index (Phi) is 6.53. The fourth-order valence-electron chi connectivity index (χ4n) is 4.18. The largest absolute Gasteiger partial charge is 0.348 e. The summed E-state index contributed by atoms with van der Waals surface area (Å²) in [5.41, 5.74) is 2.11. The lowest BCUT2D eigenvalue weighted by Crippen LogP contribution is -2.45. The van der Waals surface area contributed by atoms with Gasteiger partial charge in [0.1, 0.15) is 5.69 Å². The molecule has 0 radical (unpaired) electrons. The molecule has 2 unspecified atom stereocenters. The van der Waals surface area contributed by atoms with Gasteiger partial charge in [0.15, 0.2) is 0 Å². The SMILES string of the molecule is C=CC(=O)Nc1c(Cl)ccc2ccc(C3CC(NC(=O)c4ccccn4)CCN3C)cc12. The fourth-order valence-corrected chi connectivity index (χ4v) is 4.39. The van der Waals surface area contributed by atoms with Gasteiger partial charge in [0, 0.05) is 30.2 Å². The Labute approximate surface area is 192 Å². The second kappa shape index (κ2) is 9.51. The molecule has 7 heteroatoms. The number of nitrogens with one attached hydrogen (secondary N) is 2. The van der Waals surface area contributed by atoms with E-state index in [-0.39, 0.29) is 23.9 Å². The van der Waals surface area contributed by atoms with Crippen molar-refractivity contribution in [3.05, 3.63) is 83.7 Å². The van der Waals surface area contributed by atoms with Crippen molar-refractivity contribution in [2.24, 2.45) is 0 Å². The molecule has 1 saturated heterocycles. The summed E-state index contributed by atoms with van der Waals surface area (Å²) in [6, 6.07) is 15.4. The van der Waals surface area contributed by atoms with Crippen LogP contribution in [0.2, 0.25) is 5.02 Å². The molecular weight excluding hydrogens is 424 g/mol. The average Bonchev–Trinajstić information content (AvgIpc) is 2.82. The summed E-state index contributed by atoms with van der Waals surface area (Å²) >= 11 is 6.40. The Bertz CT molecular complexity index is 1170. The fraction of sp³-hybridized carbons (Fsp3) is 0.240. The molecule has 0 spiro atoms. The lowest BCUT2D eigenvalue weighted by atomic mass is 9.90. The molecule has 2 N–H and O–H groups in total. The predicted octanol–water partition coefficient (Wildman–Crippen LogP) is 4.58. The number of piperidine rings is 1.